The van der Waals surface area contributed by atoms with Crippen molar-refractivity contribution in [3.63, 3.8) is 0 Å². The fourth-order valence-corrected chi connectivity index (χ4v) is 3.11. The highest BCUT2D eigenvalue weighted by Gasteiger charge is 2.62. The van der Waals surface area contributed by atoms with E-state index in [1.54, 1.807) is 13.8 Å². The van der Waals surface area contributed by atoms with Gasteiger partial charge < -0.3 is 15.8 Å². The molecule has 25 heavy (non-hydrogen) atoms. The molecule has 4 nitrogen and oxygen atoms in total. The van der Waals surface area contributed by atoms with Gasteiger partial charge in [-0.05, 0) is 25.1 Å². The van der Waals surface area contributed by atoms with Gasteiger partial charge in [0.25, 0.3) is 0 Å². The number of carbonyl (C=O) groups is 1. The second kappa shape index (κ2) is 7.31. The third-order valence-corrected chi connectivity index (χ3v) is 5.09. The highest BCUT2D eigenvalue weighted by atomic mass is 35.5. The third kappa shape index (κ3) is 3.89. The van der Waals surface area contributed by atoms with E-state index in [0.717, 1.165) is 12.1 Å². The van der Waals surface area contributed by atoms with Gasteiger partial charge in [-0.1, -0.05) is 25.4 Å². The molecule has 142 valence electrons. The number of carbonyl (C=O) groups excluding carboxylic acids is 1. The van der Waals surface area contributed by atoms with Crippen LogP contribution in [0.5, 0.6) is 0 Å². The monoisotopic (exact) mass is 400 g/mol. The Morgan fingerprint density at radius 3 is 2.52 bits per heavy atom. The standard InChI is InChI=1S/C16H20ClF3N2O2.ClH/c1-4-24-12-8-15(21,14(12,2)3)13(23)22-9-5-6-11(17)10(7-9)16(18,19)20;/h5-7,12H,4,8,21H2,1-3H3,(H,22,23);1H. The number of halogens is 5. The Hall–Kier alpha value is -1.02. The summed E-state index contributed by atoms with van der Waals surface area (Å²) in [4.78, 5) is 12.5. The molecule has 0 aromatic heterocycles. The molecule has 1 aliphatic rings. The minimum absolute atomic E-state index is 0. The van der Waals surface area contributed by atoms with Crippen LogP contribution >= 0.6 is 24.0 Å². The normalized spacial score (nSPS) is 24.9. The summed E-state index contributed by atoms with van der Waals surface area (Å²) >= 11 is 5.57. The van der Waals surface area contributed by atoms with Gasteiger partial charge in [-0.3, -0.25) is 4.79 Å². The van der Waals surface area contributed by atoms with E-state index < -0.39 is 33.6 Å². The highest BCUT2D eigenvalue weighted by Crippen LogP contribution is 2.50. The summed E-state index contributed by atoms with van der Waals surface area (Å²) in [5.41, 5.74) is 3.35. The minimum Gasteiger partial charge on any atom is -0.378 e. The number of nitrogens with two attached hydrogens (primary N) is 1. The lowest BCUT2D eigenvalue weighted by Crippen LogP contribution is -2.74. The molecule has 0 saturated heterocycles. The van der Waals surface area contributed by atoms with Gasteiger partial charge in [-0.15, -0.1) is 12.4 Å². The maximum absolute atomic E-state index is 12.9. The summed E-state index contributed by atoms with van der Waals surface area (Å²) in [5.74, 6) is -0.543. The van der Waals surface area contributed by atoms with Crippen LogP contribution in [-0.2, 0) is 15.7 Å². The first-order valence-electron chi connectivity index (χ1n) is 7.52. The number of hydrogen-bond donors (Lipinski definition) is 2. The zero-order chi connectivity index (χ0) is 18.3. The summed E-state index contributed by atoms with van der Waals surface area (Å²) in [6, 6.07) is 3.21. The summed E-state index contributed by atoms with van der Waals surface area (Å²) in [7, 11) is 0. The molecular weight excluding hydrogens is 380 g/mol. The van der Waals surface area contributed by atoms with E-state index in [2.05, 4.69) is 5.32 Å². The Morgan fingerprint density at radius 2 is 2.04 bits per heavy atom. The van der Waals surface area contributed by atoms with Crippen LogP contribution in [0.25, 0.3) is 0 Å². The van der Waals surface area contributed by atoms with Crippen molar-refractivity contribution in [1.82, 2.24) is 0 Å². The second-order valence-corrected chi connectivity index (χ2v) is 6.89. The summed E-state index contributed by atoms with van der Waals surface area (Å²) in [6.07, 6.45) is -4.47. The van der Waals surface area contributed by atoms with Crippen LogP contribution in [0.3, 0.4) is 0 Å². The smallest absolute Gasteiger partial charge is 0.378 e. The number of benzene rings is 1. The van der Waals surface area contributed by atoms with Crippen LogP contribution in [0.1, 0.15) is 32.8 Å². The topological polar surface area (TPSA) is 64.3 Å². The predicted octanol–water partition coefficient (Wildman–Crippen LogP) is 4.25. The lowest BCUT2D eigenvalue weighted by atomic mass is 9.54. The van der Waals surface area contributed by atoms with E-state index in [4.69, 9.17) is 22.1 Å². The molecule has 1 fully saturated rings. The molecule has 0 radical (unpaired) electrons. The van der Waals surface area contributed by atoms with Crippen molar-refractivity contribution in [3.05, 3.63) is 28.8 Å². The van der Waals surface area contributed by atoms with Crippen molar-refractivity contribution in [1.29, 1.82) is 0 Å². The number of nitrogens with one attached hydrogen (secondary N) is 1. The van der Waals surface area contributed by atoms with Crippen LogP contribution in [0.2, 0.25) is 5.02 Å². The number of anilines is 1. The molecule has 2 unspecified atom stereocenters. The molecule has 1 aromatic carbocycles. The van der Waals surface area contributed by atoms with Gasteiger partial charge in [0.2, 0.25) is 5.91 Å². The fourth-order valence-electron chi connectivity index (χ4n) is 2.88. The van der Waals surface area contributed by atoms with Crippen LogP contribution in [0, 0.1) is 5.41 Å². The van der Waals surface area contributed by atoms with E-state index >= 15 is 0 Å². The van der Waals surface area contributed by atoms with Crippen molar-refractivity contribution in [2.75, 3.05) is 11.9 Å². The Bertz CT molecular complexity index is 653. The van der Waals surface area contributed by atoms with Gasteiger partial charge in [0.15, 0.2) is 0 Å². The maximum Gasteiger partial charge on any atom is 0.417 e. The largest absolute Gasteiger partial charge is 0.417 e. The highest BCUT2D eigenvalue weighted by molar-refractivity contribution is 6.31. The molecule has 0 aliphatic heterocycles. The quantitative estimate of drug-likeness (QED) is 0.793. The first-order valence-corrected chi connectivity index (χ1v) is 7.90. The first-order chi connectivity index (χ1) is 10.9. The van der Waals surface area contributed by atoms with Gasteiger partial charge in [0.1, 0.15) is 5.54 Å². The summed E-state index contributed by atoms with van der Waals surface area (Å²) in [6.45, 7) is 5.95. The number of rotatable bonds is 4. The molecule has 3 N–H and O–H groups in total. The van der Waals surface area contributed by atoms with Crippen LogP contribution in [0.4, 0.5) is 18.9 Å². The minimum atomic E-state index is -4.60. The average molecular weight is 401 g/mol. The molecule has 0 heterocycles. The Kier molecular flexibility index (Phi) is 6.44. The second-order valence-electron chi connectivity index (χ2n) is 6.49. The van der Waals surface area contributed by atoms with E-state index in [-0.39, 0.29) is 24.2 Å². The molecule has 0 spiro atoms. The molecule has 0 bridgehead atoms. The average Bonchev–Trinajstić information content (AvgIpc) is 2.47. The first kappa shape index (κ1) is 22.0. The van der Waals surface area contributed by atoms with Crippen LogP contribution in [-0.4, -0.2) is 24.2 Å². The molecule has 1 amide bonds. The van der Waals surface area contributed by atoms with Gasteiger partial charge >= 0.3 is 6.18 Å². The third-order valence-electron chi connectivity index (χ3n) is 4.76. The zero-order valence-electron chi connectivity index (χ0n) is 14.0. The van der Waals surface area contributed by atoms with Gasteiger partial charge in [-0.25, -0.2) is 0 Å². The van der Waals surface area contributed by atoms with E-state index in [1.807, 2.05) is 6.92 Å². The molecule has 1 aromatic rings. The molecule has 2 rings (SSSR count). The molecule has 1 aliphatic carbocycles. The molecular formula is C16H21Cl2F3N2O2. The molecule has 9 heteroatoms. The van der Waals surface area contributed by atoms with Gasteiger partial charge in [0.05, 0.1) is 16.7 Å². The van der Waals surface area contributed by atoms with Crippen molar-refractivity contribution in [2.24, 2.45) is 11.1 Å². The predicted molar refractivity (Wildman–Crippen MR) is 93.1 cm³/mol. The number of amides is 1. The summed E-state index contributed by atoms with van der Waals surface area (Å²) in [5, 5.41) is 2.04. The number of hydrogen-bond acceptors (Lipinski definition) is 3. The Morgan fingerprint density at radius 1 is 1.44 bits per heavy atom. The Balaban J connectivity index is 0.00000312. The van der Waals surface area contributed by atoms with E-state index in [1.165, 1.54) is 6.07 Å². The van der Waals surface area contributed by atoms with Gasteiger partial charge in [-0.2, -0.15) is 13.2 Å². The molecule has 1 saturated carbocycles. The fraction of sp³-hybridized carbons (Fsp3) is 0.562. The maximum atomic E-state index is 12.9. The van der Waals surface area contributed by atoms with Crippen molar-refractivity contribution >= 4 is 35.6 Å². The number of ether oxygens (including phenoxy) is 1. The molecule has 2 atom stereocenters. The van der Waals surface area contributed by atoms with Crippen LogP contribution < -0.4 is 11.1 Å². The Labute approximate surface area is 155 Å². The lowest BCUT2D eigenvalue weighted by Gasteiger charge is -2.57. The van der Waals surface area contributed by atoms with Gasteiger partial charge in [0, 0.05) is 24.1 Å². The van der Waals surface area contributed by atoms with Crippen molar-refractivity contribution in [2.45, 2.75) is 45.0 Å². The van der Waals surface area contributed by atoms with Crippen LogP contribution in [0.15, 0.2) is 18.2 Å². The van der Waals surface area contributed by atoms with E-state index in [9.17, 15) is 18.0 Å². The van der Waals surface area contributed by atoms with Crippen molar-refractivity contribution < 1.29 is 22.7 Å². The van der Waals surface area contributed by atoms with Crippen molar-refractivity contribution in [3.8, 4) is 0 Å². The lowest BCUT2D eigenvalue weighted by molar-refractivity contribution is -0.166. The van der Waals surface area contributed by atoms with E-state index in [0.29, 0.717) is 13.0 Å². The summed E-state index contributed by atoms with van der Waals surface area (Å²) < 4.78 is 44.2. The number of alkyl halides is 3. The SMILES string of the molecule is CCOC1CC(N)(C(=O)Nc2ccc(Cl)c(C(F)(F)F)c2)C1(C)C.Cl. The zero-order valence-corrected chi connectivity index (χ0v) is 15.6.